The maximum absolute atomic E-state index is 10.1. The maximum Gasteiger partial charge on any atom is 0.303 e. The van der Waals surface area contributed by atoms with Crippen LogP contribution in [-0.2, 0) is 17.8 Å². The van der Waals surface area contributed by atoms with Gasteiger partial charge < -0.3 is 15.6 Å². The molecule has 0 saturated heterocycles. The lowest BCUT2D eigenvalue weighted by molar-refractivity contribution is -0.137. The summed E-state index contributed by atoms with van der Waals surface area (Å²) in [5.41, 5.74) is 8.26. The van der Waals surface area contributed by atoms with E-state index in [0.717, 1.165) is 31.6 Å². The summed E-state index contributed by atoms with van der Waals surface area (Å²) in [4.78, 5) is 10.1. The Morgan fingerprint density at radius 2 is 2.10 bits per heavy atom. The molecule has 0 fully saturated rings. The van der Waals surface area contributed by atoms with E-state index in [0.29, 0.717) is 13.0 Å². The first-order valence-corrected chi connectivity index (χ1v) is 7.48. The highest BCUT2D eigenvalue weighted by Crippen LogP contribution is 2.25. The van der Waals surface area contributed by atoms with Gasteiger partial charge >= 0.3 is 5.97 Å². The lowest BCUT2D eigenvalue weighted by atomic mass is 9.90. The monoisotopic (exact) mass is 293 g/mol. The van der Waals surface area contributed by atoms with Crippen molar-refractivity contribution in [1.82, 2.24) is 0 Å². The van der Waals surface area contributed by atoms with E-state index in [-0.39, 0.29) is 5.41 Å². The van der Waals surface area contributed by atoms with Gasteiger partial charge in [0, 0.05) is 19.4 Å². The smallest absolute Gasteiger partial charge is 0.303 e. The number of benzene rings is 1. The Balaban J connectivity index is 0.000000212. The zero-order valence-electron chi connectivity index (χ0n) is 13.3. The molecule has 3 N–H and O–H groups in total. The van der Waals surface area contributed by atoms with Crippen LogP contribution in [0.15, 0.2) is 18.2 Å². The second-order valence-electron chi connectivity index (χ2n) is 6.55. The predicted octanol–water partition coefficient (Wildman–Crippen LogP) is 3.37. The average Bonchev–Trinajstić information content (AvgIpc) is 2.84. The fourth-order valence-electron chi connectivity index (χ4n) is 2.14. The van der Waals surface area contributed by atoms with Crippen LogP contribution in [-0.4, -0.2) is 17.7 Å². The molecule has 0 aliphatic carbocycles. The molecule has 4 heteroatoms. The summed E-state index contributed by atoms with van der Waals surface area (Å²) >= 11 is 0. The summed E-state index contributed by atoms with van der Waals surface area (Å²) in [7, 11) is 0. The number of rotatable bonds is 4. The van der Waals surface area contributed by atoms with Crippen molar-refractivity contribution < 1.29 is 14.6 Å². The van der Waals surface area contributed by atoms with E-state index >= 15 is 0 Å². The molecule has 0 amide bonds. The highest BCUT2D eigenvalue weighted by atomic mass is 16.5. The highest BCUT2D eigenvalue weighted by Gasteiger charge is 2.11. The normalized spacial score (nSPS) is 13.0. The zero-order valence-corrected chi connectivity index (χ0v) is 13.3. The topological polar surface area (TPSA) is 72.5 Å². The van der Waals surface area contributed by atoms with Crippen LogP contribution in [0.4, 0.5) is 0 Å². The molecule has 4 nitrogen and oxygen atoms in total. The Labute approximate surface area is 127 Å². The number of carboxylic acid groups (broad SMARTS) is 1. The molecule has 0 saturated carbocycles. The zero-order chi connectivity index (χ0) is 15.9. The van der Waals surface area contributed by atoms with Crippen molar-refractivity contribution in [2.24, 2.45) is 11.1 Å². The van der Waals surface area contributed by atoms with E-state index in [1.165, 1.54) is 11.1 Å². The van der Waals surface area contributed by atoms with Crippen molar-refractivity contribution in [3.63, 3.8) is 0 Å². The Hall–Kier alpha value is -1.55. The lowest BCUT2D eigenvalue weighted by Crippen LogP contribution is -2.05. The fourth-order valence-corrected chi connectivity index (χ4v) is 2.14. The number of fused-ring (bicyclic) bond motifs is 1. The van der Waals surface area contributed by atoms with Crippen LogP contribution in [0.5, 0.6) is 5.75 Å². The molecule has 118 valence electrons. The first kappa shape index (κ1) is 17.5. The first-order chi connectivity index (χ1) is 9.81. The van der Waals surface area contributed by atoms with Crippen LogP contribution < -0.4 is 10.5 Å². The summed E-state index contributed by atoms with van der Waals surface area (Å²) in [6.07, 6.45) is 3.11. The predicted molar refractivity (Wildman–Crippen MR) is 84.5 cm³/mol. The van der Waals surface area contributed by atoms with Crippen molar-refractivity contribution in [2.45, 2.75) is 53.0 Å². The number of hydrogen-bond donors (Lipinski definition) is 2. The Morgan fingerprint density at radius 3 is 2.67 bits per heavy atom. The van der Waals surface area contributed by atoms with Crippen molar-refractivity contribution in [3.05, 3.63) is 29.3 Å². The molecule has 0 unspecified atom stereocenters. The van der Waals surface area contributed by atoms with E-state index in [9.17, 15) is 4.79 Å². The Morgan fingerprint density at radius 1 is 1.38 bits per heavy atom. The molecule has 0 aromatic heterocycles. The fraction of sp³-hybridized carbons (Fsp3) is 0.588. The second kappa shape index (κ2) is 8.03. The van der Waals surface area contributed by atoms with Gasteiger partial charge in [-0.2, -0.15) is 0 Å². The van der Waals surface area contributed by atoms with Gasteiger partial charge in [0.2, 0.25) is 0 Å². The van der Waals surface area contributed by atoms with E-state index in [1.807, 2.05) is 12.1 Å². The lowest BCUT2D eigenvalue weighted by Gasteiger charge is -2.16. The molecule has 21 heavy (non-hydrogen) atoms. The van der Waals surface area contributed by atoms with Crippen LogP contribution in [0.25, 0.3) is 0 Å². The van der Waals surface area contributed by atoms with E-state index in [4.69, 9.17) is 15.6 Å². The molecule has 0 atom stereocenters. The van der Waals surface area contributed by atoms with Gasteiger partial charge in [-0.3, -0.25) is 4.79 Å². The number of nitrogens with two attached hydrogens (primary N) is 1. The van der Waals surface area contributed by atoms with Crippen LogP contribution >= 0.6 is 0 Å². The number of aliphatic carboxylic acids is 1. The summed E-state index contributed by atoms with van der Waals surface area (Å²) in [6.45, 7) is 7.80. The third-order valence-electron chi connectivity index (χ3n) is 3.31. The number of carboxylic acids is 1. The second-order valence-corrected chi connectivity index (χ2v) is 6.55. The van der Waals surface area contributed by atoms with Crippen molar-refractivity contribution in [3.8, 4) is 5.75 Å². The molecular formula is C17H27NO3. The third-order valence-corrected chi connectivity index (χ3v) is 3.31. The number of hydrogen-bond acceptors (Lipinski definition) is 3. The van der Waals surface area contributed by atoms with Gasteiger partial charge in [0.05, 0.1) is 6.61 Å². The molecule has 1 aliphatic heterocycles. The van der Waals surface area contributed by atoms with E-state index in [2.05, 4.69) is 26.8 Å². The first-order valence-electron chi connectivity index (χ1n) is 7.48. The van der Waals surface area contributed by atoms with Gasteiger partial charge in [0.15, 0.2) is 0 Å². The highest BCUT2D eigenvalue weighted by molar-refractivity contribution is 5.66. The maximum atomic E-state index is 10.1. The van der Waals surface area contributed by atoms with Gasteiger partial charge in [0.25, 0.3) is 0 Å². The molecule has 0 bridgehead atoms. The van der Waals surface area contributed by atoms with Crippen molar-refractivity contribution >= 4 is 5.97 Å². The minimum Gasteiger partial charge on any atom is -0.493 e. The van der Waals surface area contributed by atoms with Crippen molar-refractivity contribution in [1.29, 1.82) is 0 Å². The van der Waals surface area contributed by atoms with Gasteiger partial charge in [0.1, 0.15) is 5.75 Å². The Bertz CT molecular complexity index is 464. The minimum atomic E-state index is -0.691. The van der Waals surface area contributed by atoms with Gasteiger partial charge in [-0.1, -0.05) is 32.9 Å². The SMILES string of the molecule is CC(C)(C)CCCC(=O)O.NCc1ccc2c(c1)CCO2. The van der Waals surface area contributed by atoms with Crippen molar-refractivity contribution in [2.75, 3.05) is 6.61 Å². The molecular weight excluding hydrogens is 266 g/mol. The molecule has 0 radical (unpaired) electrons. The summed E-state index contributed by atoms with van der Waals surface area (Å²) < 4.78 is 5.36. The largest absolute Gasteiger partial charge is 0.493 e. The van der Waals surface area contributed by atoms with Gasteiger partial charge in [-0.05, 0) is 35.4 Å². The van der Waals surface area contributed by atoms with Crippen LogP contribution in [0.3, 0.4) is 0 Å². The number of ether oxygens (including phenoxy) is 1. The van der Waals surface area contributed by atoms with Crippen LogP contribution in [0.1, 0.15) is 51.2 Å². The summed E-state index contributed by atoms with van der Waals surface area (Å²) in [5.74, 6) is 0.339. The van der Waals surface area contributed by atoms with Gasteiger partial charge in [-0.15, -0.1) is 0 Å². The molecule has 1 heterocycles. The number of carbonyl (C=O) groups is 1. The van der Waals surface area contributed by atoms with Crippen LogP contribution in [0.2, 0.25) is 0 Å². The van der Waals surface area contributed by atoms with E-state index < -0.39 is 5.97 Å². The quantitative estimate of drug-likeness (QED) is 0.892. The average molecular weight is 293 g/mol. The van der Waals surface area contributed by atoms with Crippen LogP contribution in [0, 0.1) is 5.41 Å². The van der Waals surface area contributed by atoms with Gasteiger partial charge in [-0.25, -0.2) is 0 Å². The summed E-state index contributed by atoms with van der Waals surface area (Å²) in [5, 5.41) is 8.31. The third kappa shape index (κ3) is 7.14. The minimum absolute atomic E-state index is 0.273. The Kier molecular flexibility index (Phi) is 6.69. The standard InChI is InChI=1S/C9H11NO.C8H16O2/c10-6-7-1-2-9-8(5-7)3-4-11-9;1-8(2,3)6-4-5-7(9)10/h1-2,5H,3-4,6,10H2;4-6H2,1-3H3,(H,9,10). The molecule has 1 aliphatic rings. The molecule has 1 aromatic rings. The molecule has 0 spiro atoms. The molecule has 2 rings (SSSR count). The summed E-state index contributed by atoms with van der Waals surface area (Å²) in [6, 6.07) is 6.15. The molecule has 1 aromatic carbocycles. The van der Waals surface area contributed by atoms with E-state index in [1.54, 1.807) is 0 Å².